The van der Waals surface area contributed by atoms with Crippen molar-refractivity contribution in [2.75, 3.05) is 13.7 Å². The standard InChI is InChI=1S/C23H28F3N3O3/c1-3-20-27-13-19(29(20)14-16-6-10-18(11-7-16)23(24,25)26)21(30)28-12-15-4-8-17(9-5-15)22(31)32-2/h6-7,10-11,13,15,17H,3-5,8-9,12,14H2,1-2H3,(H,28,30)/t15-,17-. The molecule has 1 saturated carbocycles. The minimum Gasteiger partial charge on any atom is -0.469 e. The number of aromatic nitrogens is 2. The molecule has 1 fully saturated rings. The summed E-state index contributed by atoms with van der Waals surface area (Å²) in [6.07, 6.45) is 0.884. The van der Waals surface area contributed by atoms with Crippen molar-refractivity contribution < 1.29 is 27.5 Å². The van der Waals surface area contributed by atoms with E-state index in [0.717, 1.165) is 37.8 Å². The molecule has 6 nitrogen and oxygen atoms in total. The van der Waals surface area contributed by atoms with Crippen molar-refractivity contribution in [3.63, 3.8) is 0 Å². The third-order valence-electron chi connectivity index (χ3n) is 6.04. The molecule has 1 aliphatic carbocycles. The Morgan fingerprint density at radius 1 is 1.16 bits per heavy atom. The molecule has 32 heavy (non-hydrogen) atoms. The highest BCUT2D eigenvalue weighted by Gasteiger charge is 2.30. The molecule has 0 unspecified atom stereocenters. The summed E-state index contributed by atoms with van der Waals surface area (Å²) in [5.74, 6) is 0.473. The molecule has 0 radical (unpaired) electrons. The summed E-state index contributed by atoms with van der Waals surface area (Å²) in [6.45, 7) is 2.67. The molecule has 1 heterocycles. The van der Waals surface area contributed by atoms with Crippen molar-refractivity contribution in [3.05, 3.63) is 53.1 Å². The summed E-state index contributed by atoms with van der Waals surface area (Å²) >= 11 is 0. The lowest BCUT2D eigenvalue weighted by Crippen LogP contribution is -2.33. The minimum absolute atomic E-state index is 0.0655. The predicted molar refractivity (Wildman–Crippen MR) is 112 cm³/mol. The normalized spacial score (nSPS) is 18.9. The second-order valence-corrected chi connectivity index (χ2v) is 8.14. The van der Waals surface area contributed by atoms with Gasteiger partial charge in [-0.05, 0) is 49.3 Å². The molecule has 1 amide bonds. The number of nitrogens with one attached hydrogen (secondary N) is 1. The van der Waals surface area contributed by atoms with Crippen LogP contribution in [-0.2, 0) is 28.7 Å². The number of benzene rings is 1. The number of alkyl halides is 3. The highest BCUT2D eigenvalue weighted by molar-refractivity contribution is 5.92. The second-order valence-electron chi connectivity index (χ2n) is 8.14. The van der Waals surface area contributed by atoms with Crippen molar-refractivity contribution in [1.82, 2.24) is 14.9 Å². The molecular formula is C23H28F3N3O3. The molecule has 3 rings (SSSR count). The van der Waals surface area contributed by atoms with Crippen LogP contribution in [0.3, 0.4) is 0 Å². The fourth-order valence-electron chi connectivity index (χ4n) is 4.13. The summed E-state index contributed by atoms with van der Waals surface area (Å²) in [7, 11) is 1.40. The van der Waals surface area contributed by atoms with Crippen LogP contribution < -0.4 is 5.32 Å². The Hall–Kier alpha value is -2.84. The average Bonchev–Trinajstić information content (AvgIpc) is 3.19. The van der Waals surface area contributed by atoms with Gasteiger partial charge in [0.1, 0.15) is 11.5 Å². The van der Waals surface area contributed by atoms with E-state index in [1.807, 2.05) is 6.92 Å². The number of rotatable bonds is 7. The quantitative estimate of drug-likeness (QED) is 0.640. The molecule has 0 saturated heterocycles. The number of imidazole rings is 1. The van der Waals surface area contributed by atoms with Crippen molar-refractivity contribution in [2.45, 2.75) is 51.7 Å². The molecule has 174 valence electrons. The van der Waals surface area contributed by atoms with E-state index in [-0.39, 0.29) is 30.3 Å². The van der Waals surface area contributed by atoms with Gasteiger partial charge in [0.25, 0.3) is 5.91 Å². The first-order valence-corrected chi connectivity index (χ1v) is 10.8. The first-order chi connectivity index (χ1) is 15.2. The van der Waals surface area contributed by atoms with Crippen LogP contribution in [0.2, 0.25) is 0 Å². The van der Waals surface area contributed by atoms with Crippen molar-refractivity contribution in [1.29, 1.82) is 0 Å². The lowest BCUT2D eigenvalue weighted by Gasteiger charge is -2.27. The number of amides is 1. The van der Waals surface area contributed by atoms with Gasteiger partial charge in [-0.2, -0.15) is 13.2 Å². The van der Waals surface area contributed by atoms with Crippen LogP contribution in [-0.4, -0.2) is 35.1 Å². The van der Waals surface area contributed by atoms with Crippen LogP contribution in [0.5, 0.6) is 0 Å². The van der Waals surface area contributed by atoms with Gasteiger partial charge >= 0.3 is 12.1 Å². The maximum absolute atomic E-state index is 12.8. The molecule has 9 heteroatoms. The first kappa shape index (κ1) is 23.8. The molecule has 1 aromatic carbocycles. The van der Waals surface area contributed by atoms with Crippen LogP contribution in [0.4, 0.5) is 13.2 Å². The fraction of sp³-hybridized carbons (Fsp3) is 0.522. The second kappa shape index (κ2) is 10.2. The van der Waals surface area contributed by atoms with Gasteiger partial charge < -0.3 is 14.6 Å². The van der Waals surface area contributed by atoms with E-state index >= 15 is 0 Å². The van der Waals surface area contributed by atoms with E-state index < -0.39 is 11.7 Å². The van der Waals surface area contributed by atoms with E-state index in [2.05, 4.69) is 10.3 Å². The molecule has 0 spiro atoms. The van der Waals surface area contributed by atoms with Gasteiger partial charge in [-0.1, -0.05) is 19.1 Å². The van der Waals surface area contributed by atoms with Crippen LogP contribution in [0, 0.1) is 11.8 Å². The SMILES string of the molecule is CCc1ncc(C(=O)NC[C@H]2CC[C@H](C(=O)OC)CC2)n1Cc1ccc(C(F)(F)F)cc1. The summed E-state index contributed by atoms with van der Waals surface area (Å²) in [5.41, 5.74) is 0.327. The molecule has 1 aromatic heterocycles. The van der Waals surface area contributed by atoms with Gasteiger partial charge in [0.2, 0.25) is 0 Å². The summed E-state index contributed by atoms with van der Waals surface area (Å²) in [4.78, 5) is 28.8. The van der Waals surface area contributed by atoms with Gasteiger partial charge in [-0.3, -0.25) is 9.59 Å². The molecular weight excluding hydrogens is 423 g/mol. The number of ether oxygens (including phenoxy) is 1. The number of nitrogens with zero attached hydrogens (tertiary/aromatic N) is 2. The smallest absolute Gasteiger partial charge is 0.416 e. The lowest BCUT2D eigenvalue weighted by atomic mass is 9.82. The van der Waals surface area contributed by atoms with Crippen molar-refractivity contribution in [2.24, 2.45) is 11.8 Å². The number of esters is 1. The van der Waals surface area contributed by atoms with Crippen molar-refractivity contribution >= 4 is 11.9 Å². The van der Waals surface area contributed by atoms with Crippen LogP contribution in [0.25, 0.3) is 0 Å². The van der Waals surface area contributed by atoms with Gasteiger partial charge in [0.05, 0.1) is 24.8 Å². The lowest BCUT2D eigenvalue weighted by molar-refractivity contribution is -0.146. The predicted octanol–water partition coefficient (Wildman–Crippen LogP) is 4.22. The molecule has 0 bridgehead atoms. The molecule has 1 aliphatic rings. The number of carbonyl (C=O) groups is 2. The third kappa shape index (κ3) is 5.69. The van der Waals surface area contributed by atoms with E-state index in [4.69, 9.17) is 4.74 Å². The number of hydrogen-bond donors (Lipinski definition) is 1. The molecule has 0 atom stereocenters. The maximum atomic E-state index is 12.8. The molecule has 1 N–H and O–H groups in total. The Kier molecular flexibility index (Phi) is 7.58. The summed E-state index contributed by atoms with van der Waals surface area (Å²) in [6, 6.07) is 4.93. The van der Waals surface area contributed by atoms with Gasteiger partial charge in [-0.15, -0.1) is 0 Å². The number of methoxy groups -OCH3 is 1. The highest BCUT2D eigenvalue weighted by atomic mass is 19.4. The Bertz CT molecular complexity index is 930. The van der Waals surface area contributed by atoms with Gasteiger partial charge in [0, 0.05) is 19.5 Å². The van der Waals surface area contributed by atoms with E-state index in [0.29, 0.717) is 30.0 Å². The Morgan fingerprint density at radius 2 is 1.81 bits per heavy atom. The van der Waals surface area contributed by atoms with E-state index in [1.54, 1.807) is 4.57 Å². The molecule has 2 aromatic rings. The zero-order valence-electron chi connectivity index (χ0n) is 18.2. The monoisotopic (exact) mass is 451 g/mol. The zero-order valence-corrected chi connectivity index (χ0v) is 18.2. The van der Waals surface area contributed by atoms with E-state index in [9.17, 15) is 22.8 Å². The number of aryl methyl sites for hydroxylation is 1. The third-order valence-corrected chi connectivity index (χ3v) is 6.04. The van der Waals surface area contributed by atoms with Crippen LogP contribution in [0.15, 0.2) is 30.5 Å². The minimum atomic E-state index is -4.39. The summed E-state index contributed by atoms with van der Waals surface area (Å²) in [5, 5.41) is 2.95. The summed E-state index contributed by atoms with van der Waals surface area (Å²) < 4.78 is 45.0. The van der Waals surface area contributed by atoms with Crippen LogP contribution >= 0.6 is 0 Å². The maximum Gasteiger partial charge on any atom is 0.416 e. The van der Waals surface area contributed by atoms with Crippen LogP contribution in [0.1, 0.15) is 60.0 Å². The Balaban J connectivity index is 1.63. The number of carbonyl (C=O) groups excluding carboxylic acids is 2. The van der Waals surface area contributed by atoms with Gasteiger partial charge in [0.15, 0.2) is 0 Å². The van der Waals surface area contributed by atoms with E-state index in [1.165, 1.54) is 25.4 Å². The molecule has 0 aliphatic heterocycles. The fourth-order valence-corrected chi connectivity index (χ4v) is 4.13. The Morgan fingerprint density at radius 3 is 2.38 bits per heavy atom. The van der Waals surface area contributed by atoms with Crippen molar-refractivity contribution in [3.8, 4) is 0 Å². The number of halogens is 3. The highest BCUT2D eigenvalue weighted by Crippen LogP contribution is 2.30. The largest absolute Gasteiger partial charge is 0.469 e. The number of hydrogen-bond acceptors (Lipinski definition) is 4. The zero-order chi connectivity index (χ0) is 23.3. The first-order valence-electron chi connectivity index (χ1n) is 10.8. The average molecular weight is 451 g/mol. The topological polar surface area (TPSA) is 73.2 Å². The van der Waals surface area contributed by atoms with Gasteiger partial charge in [-0.25, -0.2) is 4.98 Å². The Labute approximate surface area is 185 Å².